The van der Waals surface area contributed by atoms with Gasteiger partial charge in [0.25, 0.3) is 0 Å². The molecule has 0 spiro atoms. The van der Waals surface area contributed by atoms with Crippen LogP contribution in [0.3, 0.4) is 0 Å². The largest absolute Gasteiger partial charge is 0.496 e. The smallest absolute Gasteiger partial charge is 0.129 e. The van der Waals surface area contributed by atoms with Gasteiger partial charge < -0.3 is 15.2 Å². The lowest BCUT2D eigenvalue weighted by Crippen LogP contribution is -2.32. The van der Waals surface area contributed by atoms with Crippen molar-refractivity contribution in [2.45, 2.75) is 19.5 Å². The van der Waals surface area contributed by atoms with Crippen molar-refractivity contribution in [3.8, 4) is 5.75 Å². The minimum atomic E-state index is 0.0197. The molecule has 19 heavy (non-hydrogen) atoms. The number of nitrogens with one attached hydrogen (secondary N) is 1. The molecule has 0 aliphatic carbocycles. The van der Waals surface area contributed by atoms with Gasteiger partial charge in [0.1, 0.15) is 11.6 Å². The van der Waals surface area contributed by atoms with E-state index in [0.29, 0.717) is 24.0 Å². The summed E-state index contributed by atoms with van der Waals surface area (Å²) in [5, 5.41) is 7.57. The van der Waals surface area contributed by atoms with Crippen LogP contribution in [0.1, 0.15) is 18.1 Å². The molecule has 0 saturated carbocycles. The molecule has 106 valence electrons. The molecule has 1 aromatic rings. The first-order chi connectivity index (χ1) is 8.99. The fourth-order valence-corrected chi connectivity index (χ4v) is 1.88. The van der Waals surface area contributed by atoms with Gasteiger partial charge in [-0.05, 0) is 31.7 Å². The second-order valence-electron chi connectivity index (χ2n) is 4.67. The van der Waals surface area contributed by atoms with E-state index in [-0.39, 0.29) is 5.84 Å². The van der Waals surface area contributed by atoms with Crippen molar-refractivity contribution in [1.29, 1.82) is 5.41 Å². The number of likely N-dealkylation sites (N-methyl/N-ethyl adjacent to an activating group) is 1. The third kappa shape index (κ3) is 4.22. The number of methoxy groups -OCH3 is 2. The molecular formula is C14H23N3O2. The van der Waals surface area contributed by atoms with E-state index in [9.17, 15) is 0 Å². The molecule has 0 amide bonds. The van der Waals surface area contributed by atoms with Gasteiger partial charge in [0, 0.05) is 19.7 Å². The number of hydrogen-bond acceptors (Lipinski definition) is 4. The van der Waals surface area contributed by atoms with E-state index in [1.807, 2.05) is 25.2 Å². The molecule has 0 aromatic heterocycles. The monoisotopic (exact) mass is 265 g/mol. The van der Waals surface area contributed by atoms with Gasteiger partial charge in [0.2, 0.25) is 0 Å². The van der Waals surface area contributed by atoms with Crippen LogP contribution in [-0.2, 0) is 11.3 Å². The van der Waals surface area contributed by atoms with Gasteiger partial charge in [-0.15, -0.1) is 0 Å². The zero-order valence-corrected chi connectivity index (χ0v) is 12.1. The minimum Gasteiger partial charge on any atom is -0.496 e. The minimum absolute atomic E-state index is 0.0197. The first-order valence-corrected chi connectivity index (χ1v) is 6.20. The predicted molar refractivity (Wildman–Crippen MR) is 76.8 cm³/mol. The van der Waals surface area contributed by atoms with Crippen LogP contribution in [0.5, 0.6) is 5.75 Å². The number of nitrogen functional groups attached to an aromatic ring is 1. The lowest BCUT2D eigenvalue weighted by Gasteiger charge is -2.24. The maximum Gasteiger partial charge on any atom is 0.129 e. The first-order valence-electron chi connectivity index (χ1n) is 6.20. The van der Waals surface area contributed by atoms with E-state index in [1.54, 1.807) is 14.2 Å². The molecular weight excluding hydrogens is 242 g/mol. The van der Waals surface area contributed by atoms with Crippen molar-refractivity contribution < 1.29 is 9.47 Å². The van der Waals surface area contributed by atoms with E-state index in [4.69, 9.17) is 20.6 Å². The number of ether oxygens (including phenoxy) is 2. The maximum absolute atomic E-state index is 7.57. The number of rotatable bonds is 7. The van der Waals surface area contributed by atoms with E-state index >= 15 is 0 Å². The summed E-state index contributed by atoms with van der Waals surface area (Å²) in [6.07, 6.45) is 0. The number of benzene rings is 1. The molecule has 0 aliphatic rings. The van der Waals surface area contributed by atoms with E-state index < -0.39 is 0 Å². The molecule has 0 fully saturated rings. The number of nitrogens with zero attached hydrogens (tertiary/aromatic N) is 1. The van der Waals surface area contributed by atoms with Crippen LogP contribution in [0.4, 0.5) is 0 Å². The third-order valence-electron chi connectivity index (χ3n) is 3.15. The maximum atomic E-state index is 7.57. The Morgan fingerprint density at radius 3 is 2.63 bits per heavy atom. The Bertz CT molecular complexity index is 435. The van der Waals surface area contributed by atoms with Crippen molar-refractivity contribution >= 4 is 5.84 Å². The summed E-state index contributed by atoms with van der Waals surface area (Å²) in [6, 6.07) is 6.06. The quantitative estimate of drug-likeness (QED) is 0.578. The highest BCUT2D eigenvalue weighted by molar-refractivity contribution is 5.97. The van der Waals surface area contributed by atoms with E-state index in [1.165, 1.54) is 0 Å². The van der Waals surface area contributed by atoms with Gasteiger partial charge in [-0.25, -0.2) is 0 Å². The van der Waals surface area contributed by atoms with Crippen molar-refractivity contribution in [3.05, 3.63) is 29.3 Å². The van der Waals surface area contributed by atoms with Crippen LogP contribution >= 0.6 is 0 Å². The molecule has 0 aliphatic heterocycles. The Labute approximate surface area is 114 Å². The molecule has 1 unspecified atom stereocenters. The average molecular weight is 265 g/mol. The zero-order chi connectivity index (χ0) is 14.4. The van der Waals surface area contributed by atoms with Gasteiger partial charge in [-0.2, -0.15) is 0 Å². The summed E-state index contributed by atoms with van der Waals surface area (Å²) in [7, 11) is 5.32. The SMILES string of the molecule is COCC(C)N(C)Cc1ccc(OC)c(C(=N)N)c1. The highest BCUT2D eigenvalue weighted by Crippen LogP contribution is 2.20. The molecule has 0 saturated heterocycles. The fraction of sp³-hybridized carbons (Fsp3) is 0.500. The summed E-state index contributed by atoms with van der Waals surface area (Å²) in [4.78, 5) is 2.19. The lowest BCUT2D eigenvalue weighted by molar-refractivity contribution is 0.112. The van der Waals surface area contributed by atoms with Gasteiger partial charge >= 0.3 is 0 Å². The van der Waals surface area contributed by atoms with Gasteiger partial charge in [-0.1, -0.05) is 6.07 Å². The average Bonchev–Trinajstić information content (AvgIpc) is 2.38. The highest BCUT2D eigenvalue weighted by Gasteiger charge is 2.12. The summed E-state index contributed by atoms with van der Waals surface area (Å²) < 4.78 is 10.3. The number of nitrogens with two attached hydrogens (primary N) is 1. The molecule has 3 N–H and O–H groups in total. The first kappa shape index (κ1) is 15.5. The molecule has 5 heteroatoms. The summed E-state index contributed by atoms with van der Waals surface area (Å²) in [5.41, 5.74) is 7.29. The Hall–Kier alpha value is -1.59. The molecule has 1 rings (SSSR count). The van der Waals surface area contributed by atoms with Crippen LogP contribution < -0.4 is 10.5 Å². The normalized spacial score (nSPS) is 12.5. The topological polar surface area (TPSA) is 71.6 Å². The van der Waals surface area contributed by atoms with E-state index in [0.717, 1.165) is 12.1 Å². The van der Waals surface area contributed by atoms with Crippen LogP contribution in [-0.4, -0.2) is 44.7 Å². The molecule has 0 bridgehead atoms. The van der Waals surface area contributed by atoms with E-state index in [2.05, 4.69) is 11.8 Å². The molecule has 0 heterocycles. The fourth-order valence-electron chi connectivity index (χ4n) is 1.88. The van der Waals surface area contributed by atoms with Gasteiger partial charge in [0.15, 0.2) is 0 Å². The van der Waals surface area contributed by atoms with Crippen molar-refractivity contribution in [2.75, 3.05) is 27.9 Å². The number of amidine groups is 1. The second kappa shape index (κ2) is 7.11. The number of hydrogen-bond donors (Lipinski definition) is 2. The van der Waals surface area contributed by atoms with Gasteiger partial charge in [-0.3, -0.25) is 10.3 Å². The summed E-state index contributed by atoms with van der Waals surface area (Å²) >= 11 is 0. The highest BCUT2D eigenvalue weighted by atomic mass is 16.5. The van der Waals surface area contributed by atoms with Crippen LogP contribution in [0.2, 0.25) is 0 Å². The van der Waals surface area contributed by atoms with Crippen molar-refractivity contribution in [2.24, 2.45) is 5.73 Å². The van der Waals surface area contributed by atoms with Gasteiger partial charge in [0.05, 0.1) is 19.3 Å². The second-order valence-corrected chi connectivity index (χ2v) is 4.67. The molecule has 1 aromatic carbocycles. The van der Waals surface area contributed by atoms with Crippen molar-refractivity contribution in [3.63, 3.8) is 0 Å². The van der Waals surface area contributed by atoms with Crippen LogP contribution in [0.15, 0.2) is 18.2 Å². The Kier molecular flexibility index (Phi) is 5.79. The molecule has 5 nitrogen and oxygen atoms in total. The lowest BCUT2D eigenvalue weighted by atomic mass is 10.1. The molecule has 0 radical (unpaired) electrons. The Morgan fingerprint density at radius 2 is 2.11 bits per heavy atom. The summed E-state index contributed by atoms with van der Waals surface area (Å²) in [6.45, 7) is 3.57. The standard InChI is InChI=1S/C14H23N3O2/c1-10(9-18-3)17(2)8-11-5-6-13(19-4)12(7-11)14(15)16/h5-7,10H,8-9H2,1-4H3,(H3,15,16). The zero-order valence-electron chi connectivity index (χ0n) is 12.1. The summed E-state index contributed by atoms with van der Waals surface area (Å²) in [5.74, 6) is 0.648. The Balaban J connectivity index is 2.85. The third-order valence-corrected chi connectivity index (χ3v) is 3.15. The predicted octanol–water partition coefficient (Wildman–Crippen LogP) is 1.45. The Morgan fingerprint density at radius 1 is 1.42 bits per heavy atom. The van der Waals surface area contributed by atoms with Crippen LogP contribution in [0.25, 0.3) is 0 Å². The van der Waals surface area contributed by atoms with Crippen molar-refractivity contribution in [1.82, 2.24) is 4.90 Å². The van der Waals surface area contributed by atoms with Crippen LogP contribution in [0, 0.1) is 5.41 Å². The molecule has 1 atom stereocenters.